The second kappa shape index (κ2) is 25.0. The van der Waals surface area contributed by atoms with E-state index in [9.17, 15) is 13.0 Å². The molecule has 1 rings (SSSR count). The summed E-state index contributed by atoms with van der Waals surface area (Å²) in [7, 11) is -4.42. The van der Waals surface area contributed by atoms with E-state index in [1.54, 1.807) is 0 Å². The summed E-state index contributed by atoms with van der Waals surface area (Å²) in [4.78, 5) is 0. The molecule has 224 valence electrons. The van der Waals surface area contributed by atoms with E-state index in [4.69, 9.17) is 0 Å². The van der Waals surface area contributed by atoms with Gasteiger partial charge in [0.05, 0.1) is 26.2 Å². The molecular weight excluding hydrogens is 494 g/mol. The second-order valence-electron chi connectivity index (χ2n) is 10.9. The van der Waals surface area contributed by atoms with Gasteiger partial charge in [-0.2, -0.15) is 0 Å². The number of rotatable bonds is 24. The molecule has 0 spiro atoms. The molecule has 0 aliphatic carbocycles. The van der Waals surface area contributed by atoms with Crippen molar-refractivity contribution in [2.24, 2.45) is 0 Å². The van der Waals surface area contributed by atoms with Crippen LogP contribution in [0.2, 0.25) is 0 Å². The lowest BCUT2D eigenvalue weighted by molar-refractivity contribution is -0.941. The summed E-state index contributed by atoms with van der Waals surface area (Å²) < 4.78 is 33.3. The Morgan fingerprint density at radius 3 is 1.37 bits per heavy atom. The van der Waals surface area contributed by atoms with Gasteiger partial charge in [0, 0.05) is 5.56 Å². The SMILES string of the molecule is CCCCCCCCCCCCCCCCC[N+](CCC)(CCC)Cc1ccccc1.CCOS(=O)(=O)[O-]. The largest absolute Gasteiger partial charge is 0.726 e. The molecule has 0 N–H and O–H groups in total. The van der Waals surface area contributed by atoms with Gasteiger partial charge < -0.3 is 9.04 Å². The number of benzene rings is 1. The number of hydrogen-bond acceptors (Lipinski definition) is 4. The molecule has 1 aromatic rings. The molecule has 0 unspecified atom stereocenters. The first-order chi connectivity index (χ1) is 18.3. The van der Waals surface area contributed by atoms with Crippen molar-refractivity contribution >= 4 is 10.4 Å². The molecule has 0 aromatic heterocycles. The lowest BCUT2D eigenvalue weighted by Gasteiger charge is -2.39. The smallest absolute Gasteiger partial charge is 0.217 e. The minimum absolute atomic E-state index is 0.0914. The molecule has 38 heavy (non-hydrogen) atoms. The Balaban J connectivity index is 0.00000171. The van der Waals surface area contributed by atoms with E-state index in [1.165, 1.54) is 152 Å². The molecule has 0 heterocycles. The molecule has 0 aliphatic heterocycles. The number of nitrogens with zero attached hydrogens (tertiary/aromatic N) is 1. The molecule has 0 radical (unpaired) electrons. The van der Waals surface area contributed by atoms with Gasteiger partial charge in [0.2, 0.25) is 10.4 Å². The Kier molecular flexibility index (Phi) is 24.4. The summed E-state index contributed by atoms with van der Waals surface area (Å²) >= 11 is 0. The van der Waals surface area contributed by atoms with Crippen molar-refractivity contribution in [3.05, 3.63) is 35.9 Å². The van der Waals surface area contributed by atoms with Crippen LogP contribution in [0.3, 0.4) is 0 Å². The molecule has 1 aromatic carbocycles. The third kappa shape index (κ3) is 23.0. The van der Waals surface area contributed by atoms with Gasteiger partial charge in [0.25, 0.3) is 0 Å². The molecule has 0 bridgehead atoms. The van der Waals surface area contributed by atoms with Gasteiger partial charge in [-0.15, -0.1) is 0 Å². The van der Waals surface area contributed by atoms with Crippen LogP contribution in [-0.2, 0) is 21.1 Å². The Labute approximate surface area is 237 Å². The van der Waals surface area contributed by atoms with Crippen LogP contribution in [0.25, 0.3) is 0 Å². The Bertz CT molecular complexity index is 718. The molecule has 0 saturated heterocycles. The number of hydrogen-bond donors (Lipinski definition) is 0. The first-order valence-corrected chi connectivity index (χ1v) is 17.1. The third-order valence-electron chi connectivity index (χ3n) is 7.25. The topological polar surface area (TPSA) is 66.4 Å². The Morgan fingerprint density at radius 1 is 0.605 bits per heavy atom. The fourth-order valence-corrected chi connectivity index (χ4v) is 5.74. The van der Waals surface area contributed by atoms with Crippen molar-refractivity contribution in [1.82, 2.24) is 0 Å². The van der Waals surface area contributed by atoms with Gasteiger partial charge in [0.1, 0.15) is 6.54 Å². The first kappa shape index (κ1) is 37.0. The van der Waals surface area contributed by atoms with Gasteiger partial charge in [0.15, 0.2) is 0 Å². The van der Waals surface area contributed by atoms with E-state index in [0.29, 0.717) is 0 Å². The zero-order valence-corrected chi connectivity index (χ0v) is 26.2. The highest BCUT2D eigenvalue weighted by molar-refractivity contribution is 7.80. The van der Waals surface area contributed by atoms with Crippen molar-refractivity contribution < 1.29 is 21.6 Å². The van der Waals surface area contributed by atoms with E-state index in [0.717, 1.165) is 0 Å². The predicted molar refractivity (Wildman–Crippen MR) is 162 cm³/mol. The highest BCUT2D eigenvalue weighted by atomic mass is 32.3. The standard InChI is InChI=1S/C30H56N.C2H6O4S/c1-4-7-8-9-10-11-12-13-14-15-16-17-18-19-23-28-31(26-5-2,27-6-3)29-30-24-21-20-22-25-30;1-2-6-7(3,4)5/h20-22,24-25H,4-19,23,26-29H2,1-3H3;2H2,1H3,(H,3,4,5)/q+1;/p-1. The monoisotopic (exact) mass is 555 g/mol. The van der Waals surface area contributed by atoms with Crippen molar-refractivity contribution in [2.75, 3.05) is 26.2 Å². The van der Waals surface area contributed by atoms with E-state index in [2.05, 4.69) is 55.3 Å². The van der Waals surface area contributed by atoms with Crippen molar-refractivity contribution in [2.45, 2.75) is 143 Å². The zero-order chi connectivity index (χ0) is 28.4. The molecule has 0 atom stereocenters. The average Bonchev–Trinajstić information content (AvgIpc) is 2.87. The highest BCUT2D eigenvalue weighted by Crippen LogP contribution is 2.20. The molecule has 0 saturated carbocycles. The van der Waals surface area contributed by atoms with Crippen LogP contribution in [0.1, 0.15) is 142 Å². The van der Waals surface area contributed by atoms with Crippen LogP contribution in [0, 0.1) is 0 Å². The highest BCUT2D eigenvalue weighted by Gasteiger charge is 2.25. The lowest BCUT2D eigenvalue weighted by Crippen LogP contribution is -2.49. The van der Waals surface area contributed by atoms with Gasteiger partial charge in [-0.3, -0.25) is 4.18 Å². The molecule has 0 amide bonds. The zero-order valence-electron chi connectivity index (χ0n) is 25.4. The molecule has 0 aliphatic rings. The second-order valence-corrected chi connectivity index (χ2v) is 12.0. The minimum Gasteiger partial charge on any atom is -0.726 e. The minimum atomic E-state index is -4.42. The maximum atomic E-state index is 9.45. The van der Waals surface area contributed by atoms with E-state index >= 15 is 0 Å². The maximum absolute atomic E-state index is 9.45. The van der Waals surface area contributed by atoms with Crippen LogP contribution in [0.4, 0.5) is 0 Å². The quantitative estimate of drug-likeness (QED) is 0.0552. The molecule has 0 fully saturated rings. The van der Waals surface area contributed by atoms with E-state index in [-0.39, 0.29) is 6.61 Å². The molecule has 6 heteroatoms. The molecule has 5 nitrogen and oxygen atoms in total. The predicted octanol–water partition coefficient (Wildman–Crippen LogP) is 9.18. The Morgan fingerprint density at radius 2 is 1.03 bits per heavy atom. The normalized spacial score (nSPS) is 11.8. The number of unbranched alkanes of at least 4 members (excludes halogenated alkanes) is 14. The lowest BCUT2D eigenvalue weighted by atomic mass is 10.0. The third-order valence-corrected chi connectivity index (χ3v) is 7.78. The average molecular weight is 556 g/mol. The summed E-state index contributed by atoms with van der Waals surface area (Å²) in [6, 6.07) is 11.2. The first-order valence-electron chi connectivity index (χ1n) is 15.8. The maximum Gasteiger partial charge on any atom is 0.217 e. The fraction of sp³-hybridized carbons (Fsp3) is 0.812. The van der Waals surface area contributed by atoms with Crippen LogP contribution in [0.5, 0.6) is 0 Å². The van der Waals surface area contributed by atoms with E-state index < -0.39 is 10.4 Å². The molecular formula is C32H61NO4S. The van der Waals surface area contributed by atoms with Crippen LogP contribution in [-0.4, -0.2) is 43.7 Å². The summed E-state index contributed by atoms with van der Waals surface area (Å²) in [5.74, 6) is 0. The van der Waals surface area contributed by atoms with Crippen molar-refractivity contribution in [1.29, 1.82) is 0 Å². The Hall–Kier alpha value is -0.950. The fourth-order valence-electron chi connectivity index (χ4n) is 5.45. The van der Waals surface area contributed by atoms with Crippen LogP contribution in [0.15, 0.2) is 30.3 Å². The van der Waals surface area contributed by atoms with E-state index in [1.807, 2.05) is 0 Å². The van der Waals surface area contributed by atoms with Crippen LogP contribution < -0.4 is 0 Å². The van der Waals surface area contributed by atoms with Gasteiger partial charge in [-0.05, 0) is 32.6 Å². The summed E-state index contributed by atoms with van der Waals surface area (Å²) in [6.07, 6.45) is 24.4. The summed E-state index contributed by atoms with van der Waals surface area (Å²) in [5, 5.41) is 0. The van der Waals surface area contributed by atoms with Crippen LogP contribution >= 0.6 is 0 Å². The summed E-state index contributed by atoms with van der Waals surface area (Å²) in [6.45, 7) is 13.6. The van der Waals surface area contributed by atoms with Gasteiger partial charge in [-0.25, -0.2) is 8.42 Å². The van der Waals surface area contributed by atoms with Crippen molar-refractivity contribution in [3.63, 3.8) is 0 Å². The summed E-state index contributed by atoms with van der Waals surface area (Å²) in [5.41, 5.74) is 1.52. The van der Waals surface area contributed by atoms with Crippen molar-refractivity contribution in [3.8, 4) is 0 Å². The van der Waals surface area contributed by atoms with Gasteiger partial charge >= 0.3 is 0 Å². The number of quaternary nitrogens is 1. The van der Waals surface area contributed by atoms with Gasteiger partial charge in [-0.1, -0.05) is 135 Å².